The van der Waals surface area contributed by atoms with Crippen molar-refractivity contribution in [1.82, 2.24) is 20.0 Å². The van der Waals surface area contributed by atoms with Crippen LogP contribution in [0.25, 0.3) is 5.69 Å². The lowest BCUT2D eigenvalue weighted by Gasteiger charge is -2.08. The first-order chi connectivity index (χ1) is 12.8. The summed E-state index contributed by atoms with van der Waals surface area (Å²) in [6, 6.07) is 4.49. The molecule has 0 spiro atoms. The molecule has 2 heterocycles. The number of alkyl halides is 3. The number of ether oxygens (including phenoxy) is 2. The number of methoxy groups -OCH3 is 1. The molecular formula is C16H13F3N4O4. The number of aryl methyl sites for hydroxylation is 1. The molecule has 0 aliphatic carbocycles. The van der Waals surface area contributed by atoms with Crippen molar-refractivity contribution in [1.29, 1.82) is 0 Å². The van der Waals surface area contributed by atoms with Gasteiger partial charge in [0, 0.05) is 6.92 Å². The van der Waals surface area contributed by atoms with E-state index in [9.17, 15) is 18.0 Å². The predicted molar refractivity (Wildman–Crippen MR) is 83.3 cm³/mol. The van der Waals surface area contributed by atoms with Crippen molar-refractivity contribution in [3.63, 3.8) is 0 Å². The van der Waals surface area contributed by atoms with Crippen molar-refractivity contribution in [2.24, 2.45) is 0 Å². The van der Waals surface area contributed by atoms with Gasteiger partial charge in [-0.3, -0.25) is 0 Å². The van der Waals surface area contributed by atoms with Crippen molar-refractivity contribution in [2.45, 2.75) is 19.7 Å². The van der Waals surface area contributed by atoms with E-state index in [0.717, 1.165) is 16.8 Å². The summed E-state index contributed by atoms with van der Waals surface area (Å²) in [5.74, 6) is -0.405. The van der Waals surface area contributed by atoms with Gasteiger partial charge in [-0.25, -0.2) is 9.48 Å². The lowest BCUT2D eigenvalue weighted by molar-refractivity contribution is -0.137. The van der Waals surface area contributed by atoms with Gasteiger partial charge in [0.2, 0.25) is 11.6 Å². The first kappa shape index (κ1) is 18.4. The van der Waals surface area contributed by atoms with Gasteiger partial charge in [-0.2, -0.15) is 18.3 Å². The number of aromatic nitrogens is 4. The van der Waals surface area contributed by atoms with Crippen LogP contribution in [0, 0.1) is 6.92 Å². The molecule has 0 bridgehead atoms. The fourth-order valence-electron chi connectivity index (χ4n) is 2.20. The smallest absolute Gasteiger partial charge is 0.416 e. The van der Waals surface area contributed by atoms with Crippen LogP contribution in [0.2, 0.25) is 0 Å². The predicted octanol–water partition coefficient (Wildman–Crippen LogP) is 2.95. The highest BCUT2D eigenvalue weighted by molar-refractivity contribution is 5.90. The highest BCUT2D eigenvalue weighted by atomic mass is 19.4. The van der Waals surface area contributed by atoms with Gasteiger partial charge in [0.25, 0.3) is 5.89 Å². The van der Waals surface area contributed by atoms with E-state index in [2.05, 4.69) is 15.3 Å². The van der Waals surface area contributed by atoms with Crippen LogP contribution in [-0.2, 0) is 17.5 Å². The highest BCUT2D eigenvalue weighted by Gasteiger charge is 2.31. The maximum absolute atomic E-state index is 12.9. The average molecular weight is 382 g/mol. The molecule has 142 valence electrons. The van der Waals surface area contributed by atoms with E-state index in [1.54, 1.807) is 6.92 Å². The molecule has 0 saturated carbocycles. The van der Waals surface area contributed by atoms with Crippen LogP contribution in [0.3, 0.4) is 0 Å². The number of esters is 1. The van der Waals surface area contributed by atoms with Crippen molar-refractivity contribution < 1.29 is 31.9 Å². The molecule has 0 N–H and O–H groups in total. The number of hydrogen-bond acceptors (Lipinski definition) is 7. The average Bonchev–Trinajstić information content (AvgIpc) is 3.25. The van der Waals surface area contributed by atoms with E-state index in [4.69, 9.17) is 13.9 Å². The SMILES string of the molecule is COc1cn(-c2cccc(C(F)(F)F)c2)nc1C(=O)OCc1nnc(C)o1. The summed E-state index contributed by atoms with van der Waals surface area (Å²) in [7, 11) is 1.30. The second-order valence-corrected chi connectivity index (χ2v) is 5.33. The zero-order valence-corrected chi connectivity index (χ0v) is 14.1. The molecule has 0 aliphatic rings. The van der Waals surface area contributed by atoms with Crippen LogP contribution in [-0.4, -0.2) is 33.1 Å². The van der Waals surface area contributed by atoms with Gasteiger partial charge in [0.1, 0.15) is 0 Å². The van der Waals surface area contributed by atoms with Crippen LogP contribution < -0.4 is 4.74 Å². The highest BCUT2D eigenvalue weighted by Crippen LogP contribution is 2.30. The van der Waals surface area contributed by atoms with Crippen LogP contribution in [0.1, 0.15) is 27.8 Å². The lowest BCUT2D eigenvalue weighted by atomic mass is 10.2. The third kappa shape index (κ3) is 4.07. The van der Waals surface area contributed by atoms with Crippen LogP contribution in [0.4, 0.5) is 13.2 Å². The standard InChI is InChI=1S/C16H13F3N4O4/c1-9-20-21-13(27-9)8-26-15(24)14-12(25-2)7-23(22-14)11-5-3-4-10(6-11)16(17,18)19/h3-7H,8H2,1-2H3. The molecule has 3 rings (SSSR count). The normalized spacial score (nSPS) is 11.4. The van der Waals surface area contributed by atoms with E-state index < -0.39 is 17.7 Å². The Bertz CT molecular complexity index is 965. The fraction of sp³-hybridized carbons (Fsp3) is 0.250. The third-order valence-corrected chi connectivity index (χ3v) is 3.43. The molecule has 0 amide bonds. The van der Waals surface area contributed by atoms with E-state index in [1.165, 1.54) is 25.4 Å². The summed E-state index contributed by atoms with van der Waals surface area (Å²) in [5, 5.41) is 11.3. The maximum atomic E-state index is 12.9. The zero-order valence-electron chi connectivity index (χ0n) is 14.1. The largest absolute Gasteiger partial charge is 0.493 e. The topological polar surface area (TPSA) is 92.3 Å². The number of halogens is 3. The monoisotopic (exact) mass is 382 g/mol. The number of rotatable bonds is 5. The van der Waals surface area contributed by atoms with Crippen molar-refractivity contribution in [3.8, 4) is 11.4 Å². The van der Waals surface area contributed by atoms with Crippen LogP contribution in [0.5, 0.6) is 5.75 Å². The molecule has 0 saturated heterocycles. The molecule has 1 aromatic carbocycles. The van der Waals surface area contributed by atoms with E-state index in [0.29, 0.717) is 5.89 Å². The Morgan fingerprint density at radius 3 is 2.70 bits per heavy atom. The Morgan fingerprint density at radius 2 is 2.07 bits per heavy atom. The minimum absolute atomic E-state index is 0.0409. The van der Waals surface area contributed by atoms with Gasteiger partial charge < -0.3 is 13.9 Å². The van der Waals surface area contributed by atoms with Crippen molar-refractivity contribution in [2.75, 3.05) is 7.11 Å². The van der Waals surface area contributed by atoms with E-state index in [1.807, 2.05) is 0 Å². The van der Waals surface area contributed by atoms with E-state index >= 15 is 0 Å². The molecule has 3 aromatic rings. The van der Waals surface area contributed by atoms with Gasteiger partial charge in [-0.05, 0) is 18.2 Å². The van der Waals surface area contributed by atoms with Gasteiger partial charge >= 0.3 is 12.1 Å². The summed E-state index contributed by atoms with van der Waals surface area (Å²) >= 11 is 0. The van der Waals surface area contributed by atoms with Gasteiger partial charge in [-0.15, -0.1) is 10.2 Å². The number of carbonyl (C=O) groups excluding carboxylic acids is 1. The summed E-state index contributed by atoms with van der Waals surface area (Å²) in [6.07, 6.45) is -3.22. The fourth-order valence-corrected chi connectivity index (χ4v) is 2.20. The Labute approximate surface area is 150 Å². The molecule has 0 aliphatic heterocycles. The molecule has 0 unspecified atom stereocenters. The van der Waals surface area contributed by atoms with Gasteiger partial charge in [0.15, 0.2) is 12.4 Å². The second kappa shape index (κ2) is 7.09. The molecule has 0 atom stereocenters. The van der Waals surface area contributed by atoms with Crippen LogP contribution in [0.15, 0.2) is 34.9 Å². The van der Waals surface area contributed by atoms with Gasteiger partial charge in [-0.1, -0.05) is 6.07 Å². The Morgan fingerprint density at radius 1 is 1.30 bits per heavy atom. The number of carbonyl (C=O) groups is 1. The first-order valence-corrected chi connectivity index (χ1v) is 7.55. The minimum atomic E-state index is -4.50. The zero-order chi connectivity index (χ0) is 19.6. The van der Waals surface area contributed by atoms with Gasteiger partial charge in [0.05, 0.1) is 24.6 Å². The quantitative estimate of drug-likeness (QED) is 0.627. The summed E-state index contributed by atoms with van der Waals surface area (Å²) in [5.41, 5.74) is -0.939. The molecule has 11 heteroatoms. The molecule has 27 heavy (non-hydrogen) atoms. The lowest BCUT2D eigenvalue weighted by Crippen LogP contribution is -2.09. The Kier molecular flexibility index (Phi) is 4.84. The first-order valence-electron chi connectivity index (χ1n) is 7.55. The number of benzene rings is 1. The molecule has 2 aromatic heterocycles. The molecule has 0 radical (unpaired) electrons. The van der Waals surface area contributed by atoms with Crippen molar-refractivity contribution >= 4 is 5.97 Å². The summed E-state index contributed by atoms with van der Waals surface area (Å²) < 4.78 is 54.9. The summed E-state index contributed by atoms with van der Waals surface area (Å²) in [4.78, 5) is 12.2. The molecule has 0 fully saturated rings. The maximum Gasteiger partial charge on any atom is 0.416 e. The van der Waals surface area contributed by atoms with Crippen molar-refractivity contribution in [3.05, 3.63) is 53.5 Å². The number of hydrogen-bond donors (Lipinski definition) is 0. The Balaban J connectivity index is 1.84. The molecular weight excluding hydrogens is 369 g/mol. The number of nitrogens with zero attached hydrogens (tertiary/aromatic N) is 4. The van der Waals surface area contributed by atoms with E-state index in [-0.39, 0.29) is 29.6 Å². The Hall–Kier alpha value is -3.37. The summed E-state index contributed by atoms with van der Waals surface area (Å²) in [6.45, 7) is 1.30. The minimum Gasteiger partial charge on any atom is -0.493 e. The second-order valence-electron chi connectivity index (χ2n) is 5.33. The molecule has 8 nitrogen and oxygen atoms in total. The van der Waals surface area contributed by atoms with Crippen LogP contribution >= 0.6 is 0 Å². The third-order valence-electron chi connectivity index (χ3n) is 3.43.